The summed E-state index contributed by atoms with van der Waals surface area (Å²) in [6.07, 6.45) is -16.3. The lowest BCUT2D eigenvalue weighted by atomic mass is 10.1. The number of hydrogen-bond donors (Lipinski definition) is 0. The van der Waals surface area contributed by atoms with Crippen molar-refractivity contribution in [2.45, 2.75) is 36.3 Å². The molecule has 0 bridgehead atoms. The quantitative estimate of drug-likeness (QED) is 0.468. The first kappa shape index (κ1) is 29.0. The van der Waals surface area contributed by atoms with E-state index >= 15 is 0 Å². The zero-order valence-corrected chi connectivity index (χ0v) is 20.6. The second-order valence-electron chi connectivity index (χ2n) is 9.03. The van der Waals surface area contributed by atoms with Gasteiger partial charge in [-0.15, -0.1) is 0 Å². The number of alkyl halides is 9. The zero-order chi connectivity index (χ0) is 29.0. The lowest BCUT2D eigenvalue weighted by Crippen LogP contribution is -2.48. The predicted octanol–water partition coefficient (Wildman–Crippen LogP) is 5.08. The average Bonchev–Trinajstić information content (AvgIpc) is 3.25. The van der Waals surface area contributed by atoms with Crippen LogP contribution in [0.15, 0.2) is 41.3 Å². The second-order valence-corrected chi connectivity index (χ2v) is 11.0. The standard InChI is InChI=1S/C23H20F9N3O3S/c24-21(25,26)13-20(36)35-4-3-14-9-18(1-2-19(14)35)39(37,38)34-7-5-33(6-8-34)17-11-15(22(27,28)29)10-16(12-17)23(30,31)32/h1-2,9-12H,3-8,13H2. The first-order valence-corrected chi connectivity index (χ1v) is 12.8. The topological polar surface area (TPSA) is 60.9 Å². The molecule has 2 aromatic rings. The number of carbonyl (C=O) groups excluding carboxylic acids is 1. The Kier molecular flexibility index (Phi) is 7.34. The van der Waals surface area contributed by atoms with Crippen LogP contribution in [0.3, 0.4) is 0 Å². The number of halogens is 9. The van der Waals surface area contributed by atoms with E-state index in [2.05, 4.69) is 0 Å². The number of carbonyl (C=O) groups is 1. The van der Waals surface area contributed by atoms with Gasteiger partial charge >= 0.3 is 18.5 Å². The van der Waals surface area contributed by atoms with Gasteiger partial charge in [-0.25, -0.2) is 8.42 Å². The molecule has 39 heavy (non-hydrogen) atoms. The monoisotopic (exact) mass is 589 g/mol. The number of fused-ring (bicyclic) bond motifs is 1. The van der Waals surface area contributed by atoms with Crippen molar-refractivity contribution < 1.29 is 52.7 Å². The number of sulfonamides is 1. The van der Waals surface area contributed by atoms with E-state index in [-0.39, 0.29) is 61.5 Å². The van der Waals surface area contributed by atoms with Crippen LogP contribution in [0, 0.1) is 0 Å². The minimum absolute atomic E-state index is 0.00980. The smallest absolute Gasteiger partial charge is 0.369 e. The maximum Gasteiger partial charge on any atom is 0.416 e. The lowest BCUT2D eigenvalue weighted by molar-refractivity contribution is -0.152. The molecule has 0 saturated carbocycles. The molecule has 0 radical (unpaired) electrons. The number of nitrogens with zero attached hydrogens (tertiary/aromatic N) is 3. The molecule has 2 aliphatic heterocycles. The summed E-state index contributed by atoms with van der Waals surface area (Å²) >= 11 is 0. The fraction of sp³-hybridized carbons (Fsp3) is 0.435. The number of piperazine rings is 1. The van der Waals surface area contributed by atoms with Crippen LogP contribution < -0.4 is 9.80 Å². The van der Waals surface area contributed by atoms with Gasteiger partial charge in [0.25, 0.3) is 0 Å². The summed E-state index contributed by atoms with van der Waals surface area (Å²) < 4.78 is 144. The number of amides is 1. The van der Waals surface area contributed by atoms with E-state index in [1.807, 2.05) is 0 Å². The fourth-order valence-corrected chi connectivity index (χ4v) is 5.99. The van der Waals surface area contributed by atoms with Crippen molar-refractivity contribution in [3.8, 4) is 0 Å². The Labute approximate surface area is 216 Å². The molecule has 0 spiro atoms. The van der Waals surface area contributed by atoms with Crippen molar-refractivity contribution in [1.82, 2.24) is 4.31 Å². The van der Waals surface area contributed by atoms with E-state index in [0.29, 0.717) is 17.7 Å². The van der Waals surface area contributed by atoms with Crippen LogP contribution in [0.4, 0.5) is 50.9 Å². The third-order valence-electron chi connectivity index (χ3n) is 6.41. The third kappa shape index (κ3) is 6.26. The van der Waals surface area contributed by atoms with Crippen LogP contribution in [0.25, 0.3) is 0 Å². The van der Waals surface area contributed by atoms with Crippen LogP contribution in [0.1, 0.15) is 23.1 Å². The highest BCUT2D eigenvalue weighted by atomic mass is 32.2. The number of rotatable bonds is 4. The Hall–Kier alpha value is -3.01. The first-order chi connectivity index (χ1) is 17.9. The molecule has 2 aromatic carbocycles. The van der Waals surface area contributed by atoms with Gasteiger partial charge in [0.1, 0.15) is 6.42 Å². The number of hydrogen-bond acceptors (Lipinski definition) is 4. The predicted molar refractivity (Wildman–Crippen MR) is 121 cm³/mol. The van der Waals surface area contributed by atoms with Crippen molar-refractivity contribution in [2.24, 2.45) is 0 Å². The van der Waals surface area contributed by atoms with Gasteiger partial charge in [-0.3, -0.25) is 4.79 Å². The molecule has 0 atom stereocenters. The maximum absolute atomic E-state index is 13.2. The highest BCUT2D eigenvalue weighted by molar-refractivity contribution is 7.89. The Morgan fingerprint density at radius 1 is 0.769 bits per heavy atom. The summed E-state index contributed by atoms with van der Waals surface area (Å²) in [4.78, 5) is 14.0. The molecule has 0 aliphatic carbocycles. The van der Waals surface area contributed by atoms with Crippen molar-refractivity contribution in [3.63, 3.8) is 0 Å². The van der Waals surface area contributed by atoms with Crippen molar-refractivity contribution in [2.75, 3.05) is 42.5 Å². The summed E-state index contributed by atoms with van der Waals surface area (Å²) in [6.45, 7) is -0.922. The summed E-state index contributed by atoms with van der Waals surface area (Å²) in [6, 6.07) is 4.79. The fourth-order valence-electron chi connectivity index (χ4n) is 4.52. The van der Waals surface area contributed by atoms with E-state index in [0.717, 1.165) is 15.3 Å². The summed E-state index contributed by atoms with van der Waals surface area (Å²) in [5.74, 6) is -1.17. The summed E-state index contributed by atoms with van der Waals surface area (Å²) in [7, 11) is -4.16. The summed E-state index contributed by atoms with van der Waals surface area (Å²) in [5.41, 5.74) is -2.80. The van der Waals surface area contributed by atoms with E-state index in [9.17, 15) is 52.7 Å². The second kappa shape index (κ2) is 9.87. The van der Waals surface area contributed by atoms with Gasteiger partial charge in [0.2, 0.25) is 15.9 Å². The van der Waals surface area contributed by atoms with Gasteiger partial charge in [-0.1, -0.05) is 0 Å². The molecule has 4 rings (SSSR count). The van der Waals surface area contributed by atoms with Crippen molar-refractivity contribution in [1.29, 1.82) is 0 Å². The van der Waals surface area contributed by atoms with E-state index in [4.69, 9.17) is 0 Å². The van der Waals surface area contributed by atoms with Crippen LogP contribution in [0.2, 0.25) is 0 Å². The van der Waals surface area contributed by atoms with Crippen LogP contribution >= 0.6 is 0 Å². The molecule has 2 aliphatic rings. The van der Waals surface area contributed by atoms with Gasteiger partial charge in [0.15, 0.2) is 0 Å². The maximum atomic E-state index is 13.2. The van der Waals surface area contributed by atoms with Gasteiger partial charge < -0.3 is 9.80 Å². The van der Waals surface area contributed by atoms with Crippen LogP contribution in [-0.2, 0) is 33.6 Å². The SMILES string of the molecule is O=C(CC(F)(F)F)N1CCc2cc(S(=O)(=O)N3CCN(c4cc(C(F)(F)F)cc(C(F)(F)F)c4)CC3)ccc21. The molecule has 0 unspecified atom stereocenters. The van der Waals surface area contributed by atoms with Gasteiger partial charge in [0, 0.05) is 44.1 Å². The minimum Gasteiger partial charge on any atom is -0.369 e. The van der Waals surface area contributed by atoms with Crippen LogP contribution in [0.5, 0.6) is 0 Å². The van der Waals surface area contributed by atoms with E-state index in [1.165, 1.54) is 17.0 Å². The van der Waals surface area contributed by atoms with Crippen molar-refractivity contribution in [3.05, 3.63) is 53.1 Å². The van der Waals surface area contributed by atoms with Gasteiger partial charge in [0.05, 0.1) is 16.0 Å². The molecular weight excluding hydrogens is 569 g/mol. The van der Waals surface area contributed by atoms with E-state index < -0.39 is 52.0 Å². The molecule has 1 amide bonds. The van der Waals surface area contributed by atoms with Crippen molar-refractivity contribution >= 4 is 27.3 Å². The zero-order valence-electron chi connectivity index (χ0n) is 19.8. The number of benzene rings is 2. The minimum atomic E-state index is -5.03. The molecule has 214 valence electrons. The molecule has 16 heteroatoms. The molecule has 0 aromatic heterocycles. The Bertz CT molecular complexity index is 1330. The van der Waals surface area contributed by atoms with Gasteiger partial charge in [-0.2, -0.15) is 43.8 Å². The molecule has 1 saturated heterocycles. The largest absolute Gasteiger partial charge is 0.416 e. The first-order valence-electron chi connectivity index (χ1n) is 11.4. The van der Waals surface area contributed by atoms with Gasteiger partial charge in [-0.05, 0) is 48.4 Å². The molecular formula is C23H20F9N3O3S. The Morgan fingerprint density at radius 3 is 1.85 bits per heavy atom. The normalized spacial score (nSPS) is 17.5. The molecule has 6 nitrogen and oxygen atoms in total. The summed E-state index contributed by atoms with van der Waals surface area (Å²) in [5, 5.41) is 0. The lowest BCUT2D eigenvalue weighted by Gasteiger charge is -2.36. The Balaban J connectivity index is 1.50. The van der Waals surface area contributed by atoms with E-state index in [1.54, 1.807) is 0 Å². The van der Waals surface area contributed by atoms with Crippen LogP contribution in [-0.4, -0.2) is 57.5 Å². The highest BCUT2D eigenvalue weighted by Crippen LogP contribution is 2.39. The molecule has 0 N–H and O–H groups in total. The number of anilines is 2. The molecule has 1 fully saturated rings. The Morgan fingerprint density at radius 2 is 1.33 bits per heavy atom. The highest BCUT2D eigenvalue weighted by Gasteiger charge is 2.39. The average molecular weight is 589 g/mol. The third-order valence-corrected chi connectivity index (χ3v) is 8.31. The molecule has 2 heterocycles.